The van der Waals surface area contributed by atoms with E-state index < -0.39 is 11.7 Å². The van der Waals surface area contributed by atoms with Crippen molar-refractivity contribution in [3.05, 3.63) is 10.0 Å². The van der Waals surface area contributed by atoms with E-state index in [-0.39, 0.29) is 11.2 Å². The van der Waals surface area contributed by atoms with Crippen LogP contribution in [0.15, 0.2) is 0 Å². The summed E-state index contributed by atoms with van der Waals surface area (Å²) in [5.41, 5.74) is -0.514. The van der Waals surface area contributed by atoms with Gasteiger partial charge in [0.1, 0.15) is 10.5 Å². The lowest BCUT2D eigenvalue weighted by Gasteiger charge is -2.33. The smallest absolute Gasteiger partial charge is 0.407 e. The lowest BCUT2D eigenvalue weighted by Crippen LogP contribution is -2.49. The summed E-state index contributed by atoms with van der Waals surface area (Å²) in [7, 11) is 0. The van der Waals surface area contributed by atoms with Crippen molar-refractivity contribution in [1.82, 2.24) is 10.3 Å². The molecule has 6 nitrogen and oxygen atoms in total. The highest BCUT2D eigenvalue weighted by Gasteiger charge is 2.26. The number of rotatable bonds is 3. The highest BCUT2D eigenvalue weighted by Crippen LogP contribution is 2.30. The van der Waals surface area contributed by atoms with Crippen molar-refractivity contribution in [2.75, 3.05) is 18.0 Å². The Morgan fingerprint density at radius 2 is 2.27 bits per heavy atom. The minimum atomic E-state index is -0.514. The molecule has 1 aromatic heterocycles. The first-order chi connectivity index (χ1) is 10.3. The van der Waals surface area contributed by atoms with E-state index >= 15 is 0 Å². The van der Waals surface area contributed by atoms with Gasteiger partial charge in [0, 0.05) is 19.1 Å². The number of amides is 1. The second-order valence-electron chi connectivity index (χ2n) is 6.20. The molecule has 1 atom stereocenters. The molecule has 8 heteroatoms. The minimum absolute atomic E-state index is 0.00837. The minimum Gasteiger partial charge on any atom is -0.444 e. The summed E-state index contributed by atoms with van der Waals surface area (Å²) in [4.78, 5) is 29.4. The van der Waals surface area contributed by atoms with Crippen molar-refractivity contribution >= 4 is 40.4 Å². The molecule has 0 spiro atoms. The molecule has 1 amide bonds. The van der Waals surface area contributed by atoms with Crippen molar-refractivity contribution in [2.45, 2.75) is 45.3 Å². The number of ether oxygens (including phenoxy) is 1. The van der Waals surface area contributed by atoms with Gasteiger partial charge in [-0.2, -0.15) is 0 Å². The van der Waals surface area contributed by atoms with E-state index in [1.807, 2.05) is 25.7 Å². The highest BCUT2D eigenvalue weighted by atomic mass is 35.5. The molecule has 0 saturated carbocycles. The van der Waals surface area contributed by atoms with E-state index in [2.05, 4.69) is 10.3 Å². The van der Waals surface area contributed by atoms with E-state index in [1.165, 1.54) is 11.3 Å². The van der Waals surface area contributed by atoms with E-state index in [0.717, 1.165) is 19.4 Å². The van der Waals surface area contributed by atoms with Gasteiger partial charge in [0.2, 0.25) is 0 Å². The predicted molar refractivity (Wildman–Crippen MR) is 87.1 cm³/mol. The van der Waals surface area contributed by atoms with Crippen LogP contribution in [0.5, 0.6) is 0 Å². The van der Waals surface area contributed by atoms with E-state index in [0.29, 0.717) is 22.8 Å². The predicted octanol–water partition coefficient (Wildman–Crippen LogP) is 3.10. The molecular weight excluding hydrogens is 326 g/mol. The van der Waals surface area contributed by atoms with Gasteiger partial charge in [-0.25, -0.2) is 9.78 Å². The zero-order valence-electron chi connectivity index (χ0n) is 12.9. The zero-order chi connectivity index (χ0) is 16.3. The monoisotopic (exact) mass is 345 g/mol. The van der Waals surface area contributed by atoms with Crippen LogP contribution in [0, 0.1) is 0 Å². The van der Waals surface area contributed by atoms with Crippen LogP contribution in [0.2, 0.25) is 5.15 Å². The Hall–Kier alpha value is -1.34. The summed E-state index contributed by atoms with van der Waals surface area (Å²) in [5, 5.41) is 3.83. The first kappa shape index (κ1) is 17.0. The number of nitrogens with one attached hydrogen (secondary N) is 1. The first-order valence-electron chi connectivity index (χ1n) is 7.14. The quantitative estimate of drug-likeness (QED) is 0.852. The molecule has 0 aromatic carbocycles. The zero-order valence-corrected chi connectivity index (χ0v) is 14.5. The maximum absolute atomic E-state index is 11.8. The number of carbonyl (C=O) groups is 2. The summed E-state index contributed by atoms with van der Waals surface area (Å²) in [5.74, 6) is 0. The van der Waals surface area contributed by atoms with Crippen LogP contribution < -0.4 is 10.2 Å². The van der Waals surface area contributed by atoms with Crippen LogP contribution in [-0.4, -0.2) is 42.1 Å². The highest BCUT2D eigenvalue weighted by molar-refractivity contribution is 7.17. The molecule has 2 rings (SSSR count). The molecule has 1 saturated heterocycles. The van der Waals surface area contributed by atoms with Crippen LogP contribution in [0.25, 0.3) is 0 Å². The SMILES string of the molecule is CC(C)(C)OC(=O)N[C@@H]1CCCN(c2nc(Cl)c(C=O)s2)C1. The maximum atomic E-state index is 11.8. The molecule has 0 unspecified atom stereocenters. The van der Waals surface area contributed by atoms with Gasteiger partial charge in [-0.3, -0.25) is 4.79 Å². The van der Waals surface area contributed by atoms with Crippen LogP contribution in [-0.2, 0) is 4.74 Å². The van der Waals surface area contributed by atoms with Gasteiger partial charge in [-0.15, -0.1) is 0 Å². The molecule has 1 aromatic rings. The number of hydrogen-bond donors (Lipinski definition) is 1. The Kier molecular flexibility index (Phi) is 5.28. The number of carbonyl (C=O) groups excluding carboxylic acids is 2. The Morgan fingerprint density at radius 3 is 2.86 bits per heavy atom. The normalized spacial score (nSPS) is 18.9. The van der Waals surface area contributed by atoms with E-state index in [9.17, 15) is 9.59 Å². The van der Waals surface area contributed by atoms with Crippen LogP contribution in [0.1, 0.15) is 43.3 Å². The lowest BCUT2D eigenvalue weighted by atomic mass is 10.1. The molecule has 122 valence electrons. The molecule has 22 heavy (non-hydrogen) atoms. The number of halogens is 1. The van der Waals surface area contributed by atoms with E-state index in [4.69, 9.17) is 16.3 Å². The number of nitrogens with zero attached hydrogens (tertiary/aromatic N) is 2. The Labute approximate surface area is 138 Å². The summed E-state index contributed by atoms with van der Waals surface area (Å²) in [6.45, 7) is 6.95. The molecule has 1 aliphatic rings. The third-order valence-electron chi connectivity index (χ3n) is 3.12. The molecule has 1 aliphatic heterocycles. The molecule has 2 heterocycles. The van der Waals surface area contributed by atoms with Crippen molar-refractivity contribution in [3.63, 3.8) is 0 Å². The standard InChI is InChI=1S/C14H20ClN3O3S/c1-14(2,3)21-13(20)16-9-5-4-6-18(7-9)12-17-11(15)10(8-19)22-12/h8-9H,4-7H2,1-3H3,(H,16,20)/t9-/m1/s1. The summed E-state index contributed by atoms with van der Waals surface area (Å²) in [6.07, 6.45) is 2.11. The number of aldehydes is 1. The number of piperidine rings is 1. The average Bonchev–Trinajstić information content (AvgIpc) is 2.78. The molecule has 1 fully saturated rings. The fourth-order valence-electron chi connectivity index (χ4n) is 2.25. The molecular formula is C14H20ClN3O3S. The second-order valence-corrected chi connectivity index (χ2v) is 7.57. The number of thiazole rings is 1. The first-order valence-corrected chi connectivity index (χ1v) is 8.34. The van der Waals surface area contributed by atoms with Gasteiger partial charge >= 0.3 is 6.09 Å². The van der Waals surface area contributed by atoms with Crippen LogP contribution in [0.3, 0.4) is 0 Å². The van der Waals surface area contributed by atoms with Crippen molar-refractivity contribution in [3.8, 4) is 0 Å². The van der Waals surface area contributed by atoms with Gasteiger partial charge in [0.05, 0.1) is 0 Å². The third-order valence-corrected chi connectivity index (χ3v) is 4.56. The Balaban J connectivity index is 1.96. The van der Waals surface area contributed by atoms with Crippen molar-refractivity contribution in [1.29, 1.82) is 0 Å². The Bertz CT molecular complexity index is 556. The summed E-state index contributed by atoms with van der Waals surface area (Å²) >= 11 is 7.18. The van der Waals surface area contributed by atoms with E-state index in [1.54, 1.807) is 0 Å². The number of alkyl carbamates (subject to hydrolysis) is 1. The molecule has 0 aliphatic carbocycles. The third kappa shape index (κ3) is 4.58. The maximum Gasteiger partial charge on any atom is 0.407 e. The largest absolute Gasteiger partial charge is 0.444 e. The van der Waals surface area contributed by atoms with Crippen molar-refractivity contribution in [2.24, 2.45) is 0 Å². The summed E-state index contributed by atoms with van der Waals surface area (Å²) in [6, 6.07) is -0.00837. The topological polar surface area (TPSA) is 71.5 Å². The average molecular weight is 346 g/mol. The number of aromatic nitrogens is 1. The Morgan fingerprint density at radius 1 is 1.55 bits per heavy atom. The number of hydrogen-bond acceptors (Lipinski definition) is 6. The molecule has 1 N–H and O–H groups in total. The van der Waals surface area contributed by atoms with Gasteiger partial charge in [0.15, 0.2) is 16.6 Å². The fourth-order valence-corrected chi connectivity index (χ4v) is 3.35. The van der Waals surface area contributed by atoms with Crippen molar-refractivity contribution < 1.29 is 14.3 Å². The second kappa shape index (κ2) is 6.83. The fraction of sp³-hybridized carbons (Fsp3) is 0.643. The van der Waals surface area contributed by atoms with Gasteiger partial charge in [0.25, 0.3) is 0 Å². The molecule has 0 radical (unpaired) electrons. The van der Waals surface area contributed by atoms with Crippen LogP contribution >= 0.6 is 22.9 Å². The summed E-state index contributed by atoms with van der Waals surface area (Å²) < 4.78 is 5.27. The van der Waals surface area contributed by atoms with Gasteiger partial charge in [-0.05, 0) is 33.6 Å². The number of anilines is 1. The van der Waals surface area contributed by atoms with Crippen LogP contribution in [0.4, 0.5) is 9.93 Å². The van der Waals surface area contributed by atoms with Gasteiger partial charge in [-0.1, -0.05) is 22.9 Å². The van der Waals surface area contributed by atoms with Gasteiger partial charge < -0.3 is 15.0 Å². The lowest BCUT2D eigenvalue weighted by molar-refractivity contribution is 0.0500. The molecule has 0 bridgehead atoms.